The van der Waals surface area contributed by atoms with Crippen LogP contribution in [0, 0.1) is 23.3 Å². The number of amides is 1. The van der Waals surface area contributed by atoms with E-state index in [1.165, 1.54) is 42.1 Å². The third-order valence-electron chi connectivity index (χ3n) is 6.68. The maximum atomic E-state index is 15.3. The van der Waals surface area contributed by atoms with Crippen LogP contribution in [0.5, 0.6) is 17.4 Å². The van der Waals surface area contributed by atoms with Crippen molar-refractivity contribution in [2.75, 3.05) is 25.6 Å². The van der Waals surface area contributed by atoms with Crippen LogP contribution in [0.15, 0.2) is 72.9 Å². The number of carbonyl (C=O) groups is 2. The number of fused-ring (bicyclic) bond motifs is 1. The van der Waals surface area contributed by atoms with Crippen molar-refractivity contribution in [3.8, 4) is 28.5 Å². The molecular formula is C32H25F4N3O7. The third-order valence-corrected chi connectivity index (χ3v) is 6.68. The van der Waals surface area contributed by atoms with Crippen molar-refractivity contribution in [1.82, 2.24) is 9.61 Å². The van der Waals surface area contributed by atoms with Gasteiger partial charge in [0.1, 0.15) is 29.4 Å². The van der Waals surface area contributed by atoms with E-state index in [0.29, 0.717) is 11.3 Å². The van der Waals surface area contributed by atoms with Crippen LogP contribution in [-0.2, 0) is 11.3 Å². The molecular weight excluding hydrogens is 614 g/mol. The fourth-order valence-electron chi connectivity index (χ4n) is 4.49. The molecule has 3 aromatic carbocycles. The minimum absolute atomic E-state index is 0.00919. The molecule has 0 saturated carbocycles. The van der Waals surface area contributed by atoms with Gasteiger partial charge in [-0.3, -0.25) is 4.79 Å². The number of carbonyl (C=O) groups excluding carboxylic acids is 1. The van der Waals surface area contributed by atoms with Gasteiger partial charge in [0.05, 0.1) is 31.4 Å². The van der Waals surface area contributed by atoms with Crippen molar-refractivity contribution in [3.05, 3.63) is 107 Å². The molecule has 0 radical (unpaired) electrons. The van der Waals surface area contributed by atoms with E-state index >= 15 is 17.6 Å². The Hall–Kier alpha value is -5.79. The standard InChI is InChI=1S/C32H25F4N3O7/c1-43-20-11-9-18(10-12-20)17-46-31-24(22-8-2-3-13-39(22)38-31)30(40)37-29-27(35)25(33)23(26(34)28(29)36)19-6-4-7-21(16-19)44-14-5-15-45-32(41)42/h2-4,6-13,16H,5,14-15,17H2,1H3,(H,37,40)(H,41,42). The molecule has 0 spiro atoms. The normalized spacial score (nSPS) is 10.9. The molecule has 46 heavy (non-hydrogen) atoms. The fraction of sp³-hybridized carbons (Fsp3) is 0.156. The van der Waals surface area contributed by atoms with Gasteiger partial charge in [-0.2, -0.15) is 0 Å². The average molecular weight is 640 g/mol. The summed E-state index contributed by atoms with van der Waals surface area (Å²) in [7, 11) is 1.52. The summed E-state index contributed by atoms with van der Waals surface area (Å²) in [6, 6.07) is 16.8. The Balaban J connectivity index is 1.40. The number of anilines is 1. The first-order valence-electron chi connectivity index (χ1n) is 13.7. The second-order valence-corrected chi connectivity index (χ2v) is 9.65. The molecule has 1 amide bonds. The number of pyridine rings is 1. The summed E-state index contributed by atoms with van der Waals surface area (Å²) >= 11 is 0. The zero-order chi connectivity index (χ0) is 32.8. The number of halogens is 4. The molecule has 0 atom stereocenters. The van der Waals surface area contributed by atoms with E-state index in [4.69, 9.17) is 19.3 Å². The lowest BCUT2D eigenvalue weighted by molar-refractivity contribution is 0.0865. The Labute approximate surface area is 258 Å². The number of ether oxygens (including phenoxy) is 4. The monoisotopic (exact) mass is 639 g/mol. The van der Waals surface area contributed by atoms with E-state index in [1.807, 2.05) is 5.32 Å². The van der Waals surface area contributed by atoms with Gasteiger partial charge >= 0.3 is 6.16 Å². The molecule has 0 aliphatic rings. The van der Waals surface area contributed by atoms with Crippen molar-refractivity contribution >= 4 is 23.3 Å². The Morgan fingerprint density at radius 2 is 1.61 bits per heavy atom. The van der Waals surface area contributed by atoms with Gasteiger partial charge in [-0.05, 0) is 47.5 Å². The Bertz CT molecular complexity index is 1870. The van der Waals surface area contributed by atoms with Crippen LogP contribution in [0.3, 0.4) is 0 Å². The molecule has 10 nitrogen and oxygen atoms in total. The number of hydrogen-bond donors (Lipinski definition) is 2. The van der Waals surface area contributed by atoms with Gasteiger partial charge in [-0.1, -0.05) is 30.3 Å². The first-order valence-corrected chi connectivity index (χ1v) is 13.7. The van der Waals surface area contributed by atoms with Gasteiger partial charge in [-0.25, -0.2) is 26.9 Å². The molecule has 0 saturated heterocycles. The van der Waals surface area contributed by atoms with Crippen LogP contribution in [0.4, 0.5) is 28.0 Å². The van der Waals surface area contributed by atoms with Crippen molar-refractivity contribution in [2.24, 2.45) is 0 Å². The lowest BCUT2D eigenvalue weighted by Crippen LogP contribution is -2.17. The van der Waals surface area contributed by atoms with Crippen LogP contribution >= 0.6 is 0 Å². The quantitative estimate of drug-likeness (QED) is 0.0658. The Morgan fingerprint density at radius 1 is 0.870 bits per heavy atom. The molecule has 0 fully saturated rings. The van der Waals surface area contributed by atoms with E-state index in [1.54, 1.807) is 36.4 Å². The SMILES string of the molecule is COc1ccc(COc2nn3ccccc3c2C(=O)Nc2c(F)c(F)c(-c3cccc(OCCCOC(=O)O)c3)c(F)c2F)cc1. The van der Waals surface area contributed by atoms with E-state index in [-0.39, 0.29) is 54.5 Å². The summed E-state index contributed by atoms with van der Waals surface area (Å²) in [4.78, 5) is 23.8. The van der Waals surface area contributed by atoms with Gasteiger partial charge in [0, 0.05) is 12.6 Å². The second kappa shape index (κ2) is 13.9. The van der Waals surface area contributed by atoms with Gasteiger partial charge in [0.2, 0.25) is 5.88 Å². The summed E-state index contributed by atoms with van der Waals surface area (Å²) in [6.07, 6.45) is 0.245. The molecule has 2 heterocycles. The highest BCUT2D eigenvalue weighted by Gasteiger charge is 2.30. The molecule has 0 aliphatic carbocycles. The van der Waals surface area contributed by atoms with E-state index in [0.717, 1.165) is 6.07 Å². The number of methoxy groups -OCH3 is 1. The van der Waals surface area contributed by atoms with Crippen molar-refractivity contribution < 1.29 is 51.2 Å². The van der Waals surface area contributed by atoms with Crippen molar-refractivity contribution in [1.29, 1.82) is 0 Å². The molecule has 0 unspecified atom stereocenters. The van der Waals surface area contributed by atoms with Crippen LogP contribution < -0.4 is 19.5 Å². The molecule has 5 rings (SSSR count). The largest absolute Gasteiger partial charge is 0.505 e. The number of nitrogens with zero attached hydrogens (tertiary/aromatic N) is 2. The minimum Gasteiger partial charge on any atom is -0.497 e. The highest BCUT2D eigenvalue weighted by Crippen LogP contribution is 2.36. The molecule has 2 aromatic heterocycles. The number of benzene rings is 3. The van der Waals surface area contributed by atoms with Crippen LogP contribution in [0.2, 0.25) is 0 Å². The summed E-state index contributed by atoms with van der Waals surface area (Å²) < 4.78 is 83.4. The van der Waals surface area contributed by atoms with Gasteiger partial charge < -0.3 is 29.4 Å². The number of hydrogen-bond acceptors (Lipinski definition) is 7. The first kappa shape index (κ1) is 31.6. The fourth-order valence-corrected chi connectivity index (χ4v) is 4.49. The summed E-state index contributed by atoms with van der Waals surface area (Å²) in [6.45, 7) is -0.189. The Morgan fingerprint density at radius 3 is 2.30 bits per heavy atom. The zero-order valence-electron chi connectivity index (χ0n) is 24.1. The molecule has 238 valence electrons. The van der Waals surface area contributed by atoms with Gasteiger partial charge in [-0.15, -0.1) is 5.10 Å². The molecule has 5 aromatic rings. The third kappa shape index (κ3) is 6.80. The molecule has 2 N–H and O–H groups in total. The van der Waals surface area contributed by atoms with Crippen LogP contribution in [0.25, 0.3) is 16.6 Å². The highest BCUT2D eigenvalue weighted by molar-refractivity contribution is 6.11. The smallest absolute Gasteiger partial charge is 0.497 e. The number of aromatic nitrogens is 2. The highest BCUT2D eigenvalue weighted by atomic mass is 19.2. The first-order chi connectivity index (χ1) is 22.2. The topological polar surface area (TPSA) is 121 Å². The Kier molecular flexibility index (Phi) is 9.55. The van der Waals surface area contributed by atoms with Crippen LogP contribution in [0.1, 0.15) is 22.3 Å². The van der Waals surface area contributed by atoms with Crippen molar-refractivity contribution in [2.45, 2.75) is 13.0 Å². The predicted octanol–water partition coefficient (Wildman–Crippen LogP) is 6.86. The maximum absolute atomic E-state index is 15.3. The lowest BCUT2D eigenvalue weighted by Gasteiger charge is -2.14. The molecule has 0 aliphatic heterocycles. The summed E-state index contributed by atoms with van der Waals surface area (Å²) in [5, 5.41) is 14.7. The lowest BCUT2D eigenvalue weighted by atomic mass is 10.0. The van der Waals surface area contributed by atoms with Crippen molar-refractivity contribution in [3.63, 3.8) is 0 Å². The van der Waals surface area contributed by atoms with E-state index in [9.17, 15) is 9.59 Å². The maximum Gasteiger partial charge on any atom is 0.505 e. The number of rotatable bonds is 12. The number of nitrogens with one attached hydrogen (secondary N) is 1. The van der Waals surface area contributed by atoms with Gasteiger partial charge in [0.25, 0.3) is 5.91 Å². The summed E-state index contributed by atoms with van der Waals surface area (Å²) in [5.41, 5.74) is -1.94. The van der Waals surface area contributed by atoms with E-state index < -0.39 is 46.6 Å². The average Bonchev–Trinajstić information content (AvgIpc) is 3.43. The zero-order valence-corrected chi connectivity index (χ0v) is 24.1. The van der Waals surface area contributed by atoms with E-state index in [2.05, 4.69) is 9.84 Å². The second-order valence-electron chi connectivity index (χ2n) is 9.65. The van der Waals surface area contributed by atoms with Gasteiger partial charge in [0.15, 0.2) is 23.3 Å². The summed E-state index contributed by atoms with van der Waals surface area (Å²) in [5.74, 6) is -7.78. The molecule has 14 heteroatoms. The molecule has 0 bridgehead atoms. The van der Waals surface area contributed by atoms with Crippen LogP contribution in [-0.4, -0.2) is 47.1 Å². The number of carboxylic acid groups (broad SMARTS) is 1. The minimum atomic E-state index is -1.84. The predicted molar refractivity (Wildman–Crippen MR) is 156 cm³/mol.